The van der Waals surface area contributed by atoms with Gasteiger partial charge in [0.25, 0.3) is 0 Å². The van der Waals surface area contributed by atoms with Gasteiger partial charge in [-0.05, 0) is 77.6 Å². The molecule has 1 amide bonds. The Morgan fingerprint density at radius 1 is 0.974 bits per heavy atom. The maximum atomic E-state index is 13.0. The molecule has 204 valence electrons. The molecule has 0 unspecified atom stereocenters. The van der Waals surface area contributed by atoms with Crippen LogP contribution in [0.25, 0.3) is 10.2 Å². The van der Waals surface area contributed by atoms with Crippen molar-refractivity contribution in [2.75, 3.05) is 13.1 Å². The van der Waals surface area contributed by atoms with Gasteiger partial charge in [0.1, 0.15) is 23.0 Å². The van der Waals surface area contributed by atoms with Gasteiger partial charge < -0.3 is 24.1 Å². The molecule has 38 heavy (non-hydrogen) atoms. The highest BCUT2D eigenvalue weighted by Crippen LogP contribution is 2.30. The average molecular weight is 543 g/mol. The van der Waals surface area contributed by atoms with E-state index in [0.717, 1.165) is 28.7 Å². The number of amides is 1. The van der Waals surface area contributed by atoms with Crippen molar-refractivity contribution in [3.05, 3.63) is 62.8 Å². The van der Waals surface area contributed by atoms with E-state index in [1.807, 2.05) is 12.1 Å². The van der Waals surface area contributed by atoms with E-state index in [4.69, 9.17) is 14.2 Å². The number of nitrogens with zero attached hydrogens (tertiary/aromatic N) is 1. The van der Waals surface area contributed by atoms with Gasteiger partial charge >= 0.3 is 17.1 Å². The minimum atomic E-state index is -0.867. The SMILES string of the molecule is CC(C)(C)OC(=O)Oc1ccc(CCN(CCc2cccc(C=O)c2)C(=O)OC(C)(C)C)c2sc(=O)[nH]c12. The number of hydrogen-bond acceptors (Lipinski definition) is 8. The number of aromatic amines is 1. The Kier molecular flexibility index (Phi) is 8.98. The van der Waals surface area contributed by atoms with Crippen molar-refractivity contribution < 1.29 is 28.6 Å². The van der Waals surface area contributed by atoms with Gasteiger partial charge in [-0.1, -0.05) is 35.6 Å². The van der Waals surface area contributed by atoms with Crippen LogP contribution in [0.5, 0.6) is 5.75 Å². The number of benzene rings is 2. The largest absolute Gasteiger partial charge is 0.514 e. The Balaban J connectivity index is 1.80. The predicted octanol–water partition coefficient (Wildman–Crippen LogP) is 5.74. The van der Waals surface area contributed by atoms with Gasteiger partial charge in [0.2, 0.25) is 0 Å². The van der Waals surface area contributed by atoms with E-state index in [1.54, 1.807) is 70.7 Å². The highest BCUT2D eigenvalue weighted by Gasteiger charge is 2.24. The third-order valence-electron chi connectivity index (χ3n) is 5.27. The molecule has 0 fully saturated rings. The number of rotatable bonds is 8. The van der Waals surface area contributed by atoms with E-state index >= 15 is 0 Å². The van der Waals surface area contributed by atoms with Crippen LogP contribution < -0.4 is 9.61 Å². The van der Waals surface area contributed by atoms with Gasteiger partial charge in [0.15, 0.2) is 5.75 Å². The molecule has 0 spiro atoms. The summed E-state index contributed by atoms with van der Waals surface area (Å²) in [5, 5.41) is 0. The monoisotopic (exact) mass is 542 g/mol. The normalized spacial score (nSPS) is 11.7. The van der Waals surface area contributed by atoms with Crippen molar-refractivity contribution in [3.63, 3.8) is 0 Å². The molecular formula is C28H34N2O7S. The van der Waals surface area contributed by atoms with Crippen LogP contribution in [0.3, 0.4) is 0 Å². The number of thiazole rings is 1. The smallest absolute Gasteiger partial charge is 0.444 e. The summed E-state index contributed by atoms with van der Waals surface area (Å²) < 4.78 is 16.8. The molecule has 1 N–H and O–H groups in total. The standard InChI is InChI=1S/C28H34N2O7S/c1-27(2,3)36-25(33)30(14-12-18-8-7-9-19(16-18)17-31)15-13-20-10-11-21(22-23(20)38-24(32)29-22)35-26(34)37-28(4,5)6/h7-11,16-17H,12-15H2,1-6H3,(H,29,32). The van der Waals surface area contributed by atoms with Crippen LogP contribution in [-0.4, -0.2) is 52.7 Å². The van der Waals surface area contributed by atoms with Crippen LogP contribution in [0.2, 0.25) is 0 Å². The predicted molar refractivity (Wildman–Crippen MR) is 146 cm³/mol. The minimum Gasteiger partial charge on any atom is -0.444 e. The van der Waals surface area contributed by atoms with Crippen LogP contribution >= 0.6 is 11.3 Å². The van der Waals surface area contributed by atoms with Crippen LogP contribution in [0, 0.1) is 0 Å². The summed E-state index contributed by atoms with van der Waals surface area (Å²) in [7, 11) is 0. The van der Waals surface area contributed by atoms with Crippen molar-refractivity contribution in [1.82, 2.24) is 9.88 Å². The quantitative estimate of drug-likeness (QED) is 0.219. The van der Waals surface area contributed by atoms with Gasteiger partial charge in [-0.25, -0.2) is 9.59 Å². The van der Waals surface area contributed by atoms with Crippen molar-refractivity contribution >= 4 is 40.1 Å². The second-order valence-corrected chi connectivity index (χ2v) is 11.8. The van der Waals surface area contributed by atoms with E-state index in [2.05, 4.69) is 4.98 Å². The second kappa shape index (κ2) is 11.8. The van der Waals surface area contributed by atoms with E-state index in [9.17, 15) is 19.2 Å². The van der Waals surface area contributed by atoms with Gasteiger partial charge in [-0.3, -0.25) is 9.59 Å². The number of aldehydes is 1. The third kappa shape index (κ3) is 8.44. The van der Waals surface area contributed by atoms with Gasteiger partial charge in [0, 0.05) is 18.7 Å². The molecular weight excluding hydrogens is 508 g/mol. The van der Waals surface area contributed by atoms with E-state index in [0.29, 0.717) is 41.7 Å². The molecule has 0 atom stereocenters. The molecule has 2 aromatic carbocycles. The fourth-order valence-corrected chi connectivity index (χ4v) is 4.56. The topological polar surface area (TPSA) is 115 Å². The summed E-state index contributed by atoms with van der Waals surface area (Å²) in [5.41, 5.74) is 1.33. The van der Waals surface area contributed by atoms with Crippen LogP contribution in [0.1, 0.15) is 63.0 Å². The lowest BCUT2D eigenvalue weighted by atomic mass is 10.1. The molecule has 0 bridgehead atoms. The van der Waals surface area contributed by atoms with E-state index < -0.39 is 23.5 Å². The number of fused-ring (bicyclic) bond motifs is 1. The van der Waals surface area contributed by atoms with Crippen molar-refractivity contribution in [2.45, 2.75) is 65.6 Å². The molecule has 1 heterocycles. The molecule has 0 saturated carbocycles. The van der Waals surface area contributed by atoms with Gasteiger partial charge in [0.05, 0.1) is 4.70 Å². The zero-order chi connectivity index (χ0) is 28.1. The molecule has 10 heteroatoms. The zero-order valence-corrected chi connectivity index (χ0v) is 23.4. The van der Waals surface area contributed by atoms with Crippen molar-refractivity contribution in [2.24, 2.45) is 0 Å². The lowest BCUT2D eigenvalue weighted by Gasteiger charge is -2.27. The third-order valence-corrected chi connectivity index (χ3v) is 6.22. The summed E-state index contributed by atoms with van der Waals surface area (Å²) >= 11 is 1.01. The summed E-state index contributed by atoms with van der Waals surface area (Å²) in [6.45, 7) is 11.3. The maximum absolute atomic E-state index is 13.0. The van der Waals surface area contributed by atoms with Gasteiger partial charge in [-0.15, -0.1) is 0 Å². The maximum Gasteiger partial charge on any atom is 0.514 e. The summed E-state index contributed by atoms with van der Waals surface area (Å²) in [4.78, 5) is 52.6. The molecule has 3 rings (SSSR count). The van der Waals surface area contributed by atoms with Crippen LogP contribution in [-0.2, 0) is 22.3 Å². The molecule has 0 saturated heterocycles. The lowest BCUT2D eigenvalue weighted by molar-refractivity contribution is 0.0205. The summed E-state index contributed by atoms with van der Waals surface area (Å²) in [5.74, 6) is 0.190. The number of carbonyl (C=O) groups is 3. The van der Waals surface area contributed by atoms with Crippen molar-refractivity contribution in [1.29, 1.82) is 0 Å². The number of aromatic nitrogens is 1. The van der Waals surface area contributed by atoms with Crippen LogP contribution in [0.4, 0.5) is 9.59 Å². The first-order valence-electron chi connectivity index (χ1n) is 12.3. The Morgan fingerprint density at radius 3 is 2.32 bits per heavy atom. The Hall–Kier alpha value is -3.66. The number of nitrogens with one attached hydrogen (secondary N) is 1. The first-order valence-corrected chi connectivity index (χ1v) is 13.1. The number of hydrogen-bond donors (Lipinski definition) is 1. The molecule has 3 aromatic rings. The zero-order valence-electron chi connectivity index (χ0n) is 22.6. The molecule has 0 radical (unpaired) electrons. The van der Waals surface area contributed by atoms with Crippen LogP contribution in [0.15, 0.2) is 41.2 Å². The molecule has 9 nitrogen and oxygen atoms in total. The number of H-pyrrole nitrogens is 1. The first-order chi connectivity index (χ1) is 17.7. The number of carbonyl (C=O) groups excluding carboxylic acids is 3. The fourth-order valence-electron chi connectivity index (χ4n) is 3.67. The minimum absolute atomic E-state index is 0.190. The second-order valence-electron chi connectivity index (χ2n) is 10.8. The lowest BCUT2D eigenvalue weighted by Crippen LogP contribution is -2.39. The molecule has 0 aliphatic heterocycles. The van der Waals surface area contributed by atoms with Crippen molar-refractivity contribution in [3.8, 4) is 5.75 Å². The number of ether oxygens (including phenoxy) is 3. The molecule has 1 aromatic heterocycles. The highest BCUT2D eigenvalue weighted by atomic mass is 32.1. The Bertz CT molecular complexity index is 1360. The Morgan fingerprint density at radius 2 is 1.66 bits per heavy atom. The average Bonchev–Trinajstić information content (AvgIpc) is 3.20. The van der Waals surface area contributed by atoms with E-state index in [-0.39, 0.29) is 10.6 Å². The molecule has 0 aliphatic rings. The summed E-state index contributed by atoms with van der Waals surface area (Å²) in [6.07, 6.45) is 0.445. The Labute approximate surface area is 225 Å². The first kappa shape index (κ1) is 28.9. The summed E-state index contributed by atoms with van der Waals surface area (Å²) in [6, 6.07) is 10.6. The van der Waals surface area contributed by atoms with E-state index in [1.165, 1.54) is 0 Å². The van der Waals surface area contributed by atoms with Gasteiger partial charge in [-0.2, -0.15) is 0 Å². The molecule has 0 aliphatic carbocycles. The highest BCUT2D eigenvalue weighted by molar-refractivity contribution is 7.16. The fraction of sp³-hybridized carbons (Fsp3) is 0.429.